The van der Waals surface area contributed by atoms with Crippen molar-refractivity contribution in [2.75, 3.05) is 20.1 Å². The normalized spacial score (nSPS) is 10.4. The number of rotatable bonds is 6. The topological polar surface area (TPSA) is 32.3 Å². The van der Waals surface area contributed by atoms with Crippen LogP contribution in [-0.4, -0.2) is 37.0 Å². The quantitative estimate of drug-likeness (QED) is 0.517. The average molecular weight is 198 g/mol. The van der Waals surface area contributed by atoms with Crippen LogP contribution < -0.4 is 5.32 Å². The van der Waals surface area contributed by atoms with Gasteiger partial charge in [-0.05, 0) is 19.9 Å². The molecule has 1 amide bonds. The highest BCUT2D eigenvalue weighted by Gasteiger charge is 2.07. The summed E-state index contributed by atoms with van der Waals surface area (Å²) in [4.78, 5) is 13.1. The number of nitrogens with zero attached hydrogens (tertiary/aromatic N) is 1. The number of carbonyl (C=O) groups is 1. The van der Waals surface area contributed by atoms with Gasteiger partial charge in [-0.3, -0.25) is 4.79 Å². The van der Waals surface area contributed by atoms with E-state index < -0.39 is 0 Å². The molecule has 0 rings (SSSR count). The van der Waals surface area contributed by atoms with Gasteiger partial charge in [-0.15, -0.1) is 0 Å². The summed E-state index contributed by atoms with van der Waals surface area (Å²) in [5, 5.41) is 3.31. The van der Waals surface area contributed by atoms with Gasteiger partial charge in [0.25, 0.3) is 0 Å². The van der Waals surface area contributed by atoms with Crippen molar-refractivity contribution >= 4 is 5.91 Å². The first-order valence-electron chi connectivity index (χ1n) is 5.09. The van der Waals surface area contributed by atoms with Gasteiger partial charge in [0.2, 0.25) is 5.91 Å². The molecule has 0 aliphatic carbocycles. The van der Waals surface area contributed by atoms with Gasteiger partial charge in [0, 0.05) is 25.2 Å². The van der Waals surface area contributed by atoms with E-state index in [1.807, 2.05) is 7.05 Å². The molecule has 0 bridgehead atoms. The molecule has 0 fully saturated rings. The monoisotopic (exact) mass is 198 g/mol. The van der Waals surface area contributed by atoms with Crippen LogP contribution in [0.25, 0.3) is 0 Å². The van der Waals surface area contributed by atoms with Gasteiger partial charge in [0.05, 0.1) is 0 Å². The van der Waals surface area contributed by atoms with Crippen molar-refractivity contribution in [2.45, 2.75) is 33.2 Å². The third-order valence-corrected chi connectivity index (χ3v) is 1.93. The van der Waals surface area contributed by atoms with Gasteiger partial charge in [-0.2, -0.15) is 0 Å². The highest BCUT2D eigenvalue weighted by Crippen LogP contribution is 1.96. The molecular weight excluding hydrogens is 176 g/mol. The first kappa shape index (κ1) is 13.2. The highest BCUT2D eigenvalue weighted by atomic mass is 16.2. The molecule has 82 valence electrons. The van der Waals surface area contributed by atoms with E-state index in [4.69, 9.17) is 0 Å². The minimum atomic E-state index is 0.0366. The molecule has 0 saturated heterocycles. The van der Waals surface area contributed by atoms with E-state index in [1.54, 1.807) is 11.8 Å². The lowest BCUT2D eigenvalue weighted by Gasteiger charge is -2.17. The molecule has 0 aromatic carbocycles. The van der Waals surface area contributed by atoms with Crippen molar-refractivity contribution in [3.63, 3.8) is 0 Å². The van der Waals surface area contributed by atoms with Crippen LogP contribution in [0.2, 0.25) is 0 Å². The lowest BCUT2D eigenvalue weighted by atomic mass is 10.3. The van der Waals surface area contributed by atoms with Gasteiger partial charge in [-0.25, -0.2) is 0 Å². The standard InChI is InChI=1S/C11H22N2O/c1-9(2)11(14)13(5)8-6-7-12-10(3)4/h10,12H,1,6-8H2,2-5H3. The second kappa shape index (κ2) is 6.60. The Morgan fingerprint density at radius 2 is 2.07 bits per heavy atom. The van der Waals surface area contributed by atoms with Crippen molar-refractivity contribution in [2.24, 2.45) is 0 Å². The summed E-state index contributed by atoms with van der Waals surface area (Å²) < 4.78 is 0. The summed E-state index contributed by atoms with van der Waals surface area (Å²) in [5.41, 5.74) is 0.601. The van der Waals surface area contributed by atoms with Crippen molar-refractivity contribution in [1.82, 2.24) is 10.2 Å². The van der Waals surface area contributed by atoms with Gasteiger partial charge in [0.1, 0.15) is 0 Å². The molecule has 14 heavy (non-hydrogen) atoms. The van der Waals surface area contributed by atoms with E-state index in [0.29, 0.717) is 11.6 Å². The fourth-order valence-corrected chi connectivity index (χ4v) is 1.13. The number of carbonyl (C=O) groups excluding carboxylic acids is 1. The molecule has 0 aliphatic heterocycles. The van der Waals surface area contributed by atoms with Crippen LogP contribution in [-0.2, 0) is 4.79 Å². The summed E-state index contributed by atoms with van der Waals surface area (Å²) in [6.45, 7) is 11.3. The molecule has 0 heterocycles. The molecule has 0 aliphatic rings. The van der Waals surface area contributed by atoms with Crippen molar-refractivity contribution in [3.05, 3.63) is 12.2 Å². The van der Waals surface area contributed by atoms with E-state index in [0.717, 1.165) is 19.5 Å². The number of nitrogens with one attached hydrogen (secondary N) is 1. The van der Waals surface area contributed by atoms with E-state index in [1.165, 1.54) is 0 Å². The average Bonchev–Trinajstić information content (AvgIpc) is 2.10. The molecule has 3 heteroatoms. The number of hydrogen-bond donors (Lipinski definition) is 1. The Bertz CT molecular complexity index is 199. The Morgan fingerprint density at radius 3 is 2.50 bits per heavy atom. The smallest absolute Gasteiger partial charge is 0.248 e. The zero-order valence-corrected chi connectivity index (χ0v) is 9.76. The van der Waals surface area contributed by atoms with E-state index >= 15 is 0 Å². The molecule has 0 radical (unpaired) electrons. The van der Waals surface area contributed by atoms with Crippen LogP contribution in [0.4, 0.5) is 0 Å². The van der Waals surface area contributed by atoms with Crippen LogP contribution in [0.3, 0.4) is 0 Å². The number of likely N-dealkylation sites (N-methyl/N-ethyl adjacent to an activating group) is 1. The Kier molecular flexibility index (Phi) is 6.21. The molecule has 0 spiro atoms. The summed E-state index contributed by atoms with van der Waals surface area (Å²) in [6.07, 6.45) is 0.980. The van der Waals surface area contributed by atoms with Gasteiger partial charge in [-0.1, -0.05) is 20.4 Å². The summed E-state index contributed by atoms with van der Waals surface area (Å²) in [6, 6.07) is 0.511. The maximum atomic E-state index is 11.4. The third kappa shape index (κ3) is 5.75. The van der Waals surface area contributed by atoms with Crippen molar-refractivity contribution < 1.29 is 4.79 Å². The lowest BCUT2D eigenvalue weighted by molar-refractivity contribution is -0.125. The molecule has 0 atom stereocenters. The van der Waals surface area contributed by atoms with E-state index in [9.17, 15) is 4.79 Å². The molecule has 0 saturated carbocycles. The molecule has 3 nitrogen and oxygen atoms in total. The predicted octanol–water partition coefficient (Wildman–Crippen LogP) is 1.41. The minimum absolute atomic E-state index is 0.0366. The van der Waals surface area contributed by atoms with Crippen molar-refractivity contribution in [3.8, 4) is 0 Å². The molecule has 0 aromatic heterocycles. The fourth-order valence-electron chi connectivity index (χ4n) is 1.13. The second-order valence-corrected chi connectivity index (χ2v) is 3.97. The molecule has 0 unspecified atom stereocenters. The first-order chi connectivity index (χ1) is 6.45. The highest BCUT2D eigenvalue weighted by molar-refractivity contribution is 5.91. The first-order valence-corrected chi connectivity index (χ1v) is 5.09. The van der Waals surface area contributed by atoms with Crippen LogP contribution in [0, 0.1) is 0 Å². The second-order valence-electron chi connectivity index (χ2n) is 3.97. The van der Waals surface area contributed by atoms with Crippen LogP contribution in [0.5, 0.6) is 0 Å². The fraction of sp³-hybridized carbons (Fsp3) is 0.727. The Morgan fingerprint density at radius 1 is 1.50 bits per heavy atom. The van der Waals surface area contributed by atoms with E-state index in [2.05, 4.69) is 25.7 Å². The maximum Gasteiger partial charge on any atom is 0.248 e. The zero-order chi connectivity index (χ0) is 11.1. The zero-order valence-electron chi connectivity index (χ0n) is 9.76. The van der Waals surface area contributed by atoms with Crippen LogP contribution in [0.1, 0.15) is 27.2 Å². The molecular formula is C11H22N2O. The summed E-state index contributed by atoms with van der Waals surface area (Å²) >= 11 is 0. The van der Waals surface area contributed by atoms with Gasteiger partial charge < -0.3 is 10.2 Å². The van der Waals surface area contributed by atoms with Gasteiger partial charge >= 0.3 is 0 Å². The minimum Gasteiger partial charge on any atom is -0.342 e. The van der Waals surface area contributed by atoms with Gasteiger partial charge in [0.15, 0.2) is 0 Å². The Labute approximate surface area is 87.2 Å². The van der Waals surface area contributed by atoms with E-state index in [-0.39, 0.29) is 5.91 Å². The van der Waals surface area contributed by atoms with Crippen molar-refractivity contribution in [1.29, 1.82) is 0 Å². The number of hydrogen-bond acceptors (Lipinski definition) is 2. The SMILES string of the molecule is C=C(C)C(=O)N(C)CCCNC(C)C. The predicted molar refractivity (Wildman–Crippen MR) is 60.2 cm³/mol. The Balaban J connectivity index is 3.59. The number of amides is 1. The summed E-state index contributed by atoms with van der Waals surface area (Å²) in [5.74, 6) is 0.0366. The van der Waals surface area contributed by atoms with Crippen LogP contribution >= 0.6 is 0 Å². The summed E-state index contributed by atoms with van der Waals surface area (Å²) in [7, 11) is 1.81. The lowest BCUT2D eigenvalue weighted by Crippen LogP contribution is -2.31. The largest absolute Gasteiger partial charge is 0.342 e. The molecule has 0 aromatic rings. The third-order valence-electron chi connectivity index (χ3n) is 1.93. The Hall–Kier alpha value is -0.830. The molecule has 1 N–H and O–H groups in total. The maximum absolute atomic E-state index is 11.4. The van der Waals surface area contributed by atoms with Crippen LogP contribution in [0.15, 0.2) is 12.2 Å².